The van der Waals surface area contributed by atoms with Crippen molar-refractivity contribution in [2.75, 3.05) is 5.88 Å². The molecule has 0 spiro atoms. The first-order chi connectivity index (χ1) is 15.3. The normalized spacial score (nSPS) is 11.3. The molecule has 0 aliphatic rings. The lowest BCUT2D eigenvalue weighted by atomic mass is 10.0. The second-order valence-electron chi connectivity index (χ2n) is 9.86. The summed E-state index contributed by atoms with van der Waals surface area (Å²) in [5.41, 5.74) is 0. The van der Waals surface area contributed by atoms with Gasteiger partial charge in [0.25, 0.3) is 0 Å². The predicted molar refractivity (Wildman–Crippen MR) is 141 cm³/mol. The van der Waals surface area contributed by atoms with Crippen LogP contribution in [0, 0.1) is 0 Å². The molecule has 186 valence electrons. The molecule has 0 aliphatic carbocycles. The Kier molecular flexibility index (Phi) is 28.0. The van der Waals surface area contributed by atoms with Crippen molar-refractivity contribution in [2.45, 2.75) is 174 Å². The van der Waals surface area contributed by atoms with E-state index in [9.17, 15) is 4.79 Å². The zero-order valence-electron chi connectivity index (χ0n) is 21.4. The highest BCUT2D eigenvalue weighted by atomic mass is 35.5. The van der Waals surface area contributed by atoms with E-state index in [1.54, 1.807) is 0 Å². The summed E-state index contributed by atoms with van der Waals surface area (Å²) in [6.45, 7) is 2.29. The summed E-state index contributed by atoms with van der Waals surface area (Å²) >= 11 is 5.67. The molecular weight excluding hydrogens is 400 g/mol. The molecule has 0 aromatic rings. The molecular formula is C29H57ClO. The first-order valence-electron chi connectivity index (χ1n) is 14.4. The van der Waals surface area contributed by atoms with Gasteiger partial charge in [-0.15, -0.1) is 11.6 Å². The van der Waals surface area contributed by atoms with Gasteiger partial charge < -0.3 is 0 Å². The summed E-state index contributed by atoms with van der Waals surface area (Å²) in [5, 5.41) is 0. The van der Waals surface area contributed by atoms with Crippen LogP contribution in [0.15, 0.2) is 0 Å². The van der Waals surface area contributed by atoms with Crippen molar-refractivity contribution in [3.05, 3.63) is 0 Å². The number of hydrogen-bond acceptors (Lipinski definition) is 1. The van der Waals surface area contributed by atoms with Crippen LogP contribution in [0.5, 0.6) is 0 Å². The fourth-order valence-electron chi connectivity index (χ4n) is 4.47. The van der Waals surface area contributed by atoms with Crippen molar-refractivity contribution in [3.8, 4) is 0 Å². The van der Waals surface area contributed by atoms with E-state index >= 15 is 0 Å². The minimum atomic E-state index is 0.480. The van der Waals surface area contributed by atoms with E-state index in [0.717, 1.165) is 44.4 Å². The van der Waals surface area contributed by atoms with Gasteiger partial charge in [0.05, 0.1) is 0 Å². The minimum absolute atomic E-state index is 0.480. The Morgan fingerprint density at radius 2 is 0.677 bits per heavy atom. The molecule has 0 saturated heterocycles. The van der Waals surface area contributed by atoms with E-state index < -0.39 is 0 Å². The Morgan fingerprint density at radius 1 is 0.419 bits per heavy atom. The van der Waals surface area contributed by atoms with Gasteiger partial charge in [-0.2, -0.15) is 0 Å². The lowest BCUT2D eigenvalue weighted by molar-refractivity contribution is -0.119. The maximum absolute atomic E-state index is 11.8. The molecule has 0 aromatic heterocycles. The number of carbonyl (C=O) groups excluding carboxylic acids is 1. The van der Waals surface area contributed by atoms with Crippen molar-refractivity contribution in [2.24, 2.45) is 0 Å². The topological polar surface area (TPSA) is 17.1 Å². The summed E-state index contributed by atoms with van der Waals surface area (Å²) in [7, 11) is 0. The molecule has 0 bridgehead atoms. The second kappa shape index (κ2) is 28.0. The highest BCUT2D eigenvalue weighted by molar-refractivity contribution is 6.17. The molecule has 0 amide bonds. The molecule has 1 nitrogen and oxygen atoms in total. The number of unbranched alkanes of at least 4 members (excludes halogenated alkanes) is 22. The highest BCUT2D eigenvalue weighted by Crippen LogP contribution is 2.15. The summed E-state index contributed by atoms with van der Waals surface area (Å²) in [4.78, 5) is 11.8. The van der Waals surface area contributed by atoms with Crippen LogP contribution in [-0.2, 0) is 4.79 Å². The SMILES string of the molecule is CCCCCCCCCCCCCCCCCCCCCCC(=O)CCCCCCCl. The molecule has 2 heteroatoms. The van der Waals surface area contributed by atoms with Gasteiger partial charge in [-0.3, -0.25) is 4.79 Å². The zero-order chi connectivity index (χ0) is 22.7. The van der Waals surface area contributed by atoms with Gasteiger partial charge in [-0.1, -0.05) is 142 Å². The second-order valence-corrected chi connectivity index (χ2v) is 10.2. The highest BCUT2D eigenvalue weighted by Gasteiger charge is 2.02. The van der Waals surface area contributed by atoms with Crippen LogP contribution in [0.3, 0.4) is 0 Å². The van der Waals surface area contributed by atoms with Crippen LogP contribution in [0.25, 0.3) is 0 Å². The number of carbonyl (C=O) groups is 1. The van der Waals surface area contributed by atoms with Gasteiger partial charge in [0.15, 0.2) is 0 Å². The van der Waals surface area contributed by atoms with Crippen LogP contribution in [0.1, 0.15) is 174 Å². The molecule has 0 rings (SSSR count). The lowest BCUT2D eigenvalue weighted by Gasteiger charge is -2.04. The van der Waals surface area contributed by atoms with Gasteiger partial charge in [0.1, 0.15) is 5.78 Å². The number of ketones is 1. The maximum atomic E-state index is 11.8. The molecule has 0 aliphatic heterocycles. The van der Waals surface area contributed by atoms with E-state index in [2.05, 4.69) is 6.92 Å². The van der Waals surface area contributed by atoms with Crippen LogP contribution >= 0.6 is 11.6 Å². The molecule has 0 unspecified atom stereocenters. The minimum Gasteiger partial charge on any atom is -0.300 e. The number of Topliss-reactive ketones (excluding diaryl/α,β-unsaturated/α-hetero) is 1. The third-order valence-corrected chi connectivity index (χ3v) is 6.92. The molecule has 0 saturated carbocycles. The van der Waals surface area contributed by atoms with Crippen LogP contribution in [-0.4, -0.2) is 11.7 Å². The molecule has 0 N–H and O–H groups in total. The van der Waals surface area contributed by atoms with Crippen molar-refractivity contribution in [3.63, 3.8) is 0 Å². The van der Waals surface area contributed by atoms with Crippen LogP contribution in [0.2, 0.25) is 0 Å². The quantitative estimate of drug-likeness (QED) is 0.0886. The van der Waals surface area contributed by atoms with Gasteiger partial charge in [-0.05, 0) is 19.3 Å². The fraction of sp³-hybridized carbons (Fsp3) is 0.966. The monoisotopic (exact) mass is 456 g/mol. The molecule has 0 radical (unpaired) electrons. The largest absolute Gasteiger partial charge is 0.300 e. The standard InChI is InChI=1S/C29H57ClO/c1-2-3-4-5-6-7-8-9-10-11-12-13-14-15-16-17-18-19-20-23-26-29(31)27-24-21-22-25-28-30/h2-28H2,1H3. The van der Waals surface area contributed by atoms with Crippen LogP contribution in [0.4, 0.5) is 0 Å². The third-order valence-electron chi connectivity index (χ3n) is 6.65. The molecule has 0 atom stereocenters. The molecule has 0 aromatic carbocycles. The van der Waals surface area contributed by atoms with Crippen molar-refractivity contribution >= 4 is 17.4 Å². The van der Waals surface area contributed by atoms with E-state index in [1.165, 1.54) is 128 Å². The number of alkyl halides is 1. The van der Waals surface area contributed by atoms with E-state index in [4.69, 9.17) is 11.6 Å². The number of halogens is 1. The average molecular weight is 457 g/mol. The average Bonchev–Trinajstić information content (AvgIpc) is 2.77. The summed E-state index contributed by atoms with van der Waals surface area (Å²) in [5.74, 6) is 1.24. The van der Waals surface area contributed by atoms with Crippen molar-refractivity contribution < 1.29 is 4.79 Å². The molecule has 31 heavy (non-hydrogen) atoms. The van der Waals surface area contributed by atoms with Crippen molar-refractivity contribution in [1.29, 1.82) is 0 Å². The Labute approximate surface area is 201 Å². The third kappa shape index (κ3) is 27.9. The predicted octanol–water partition coefficient (Wildman–Crippen LogP) is 11.0. The lowest BCUT2D eigenvalue weighted by Crippen LogP contribution is -1.97. The van der Waals surface area contributed by atoms with E-state index in [-0.39, 0.29) is 0 Å². The van der Waals surface area contributed by atoms with Crippen molar-refractivity contribution in [1.82, 2.24) is 0 Å². The van der Waals surface area contributed by atoms with E-state index in [0.29, 0.717) is 5.78 Å². The number of hydrogen-bond donors (Lipinski definition) is 0. The Balaban J connectivity index is 3.08. The van der Waals surface area contributed by atoms with Crippen LogP contribution < -0.4 is 0 Å². The summed E-state index contributed by atoms with van der Waals surface area (Å²) in [6.07, 6.45) is 34.2. The summed E-state index contributed by atoms with van der Waals surface area (Å²) < 4.78 is 0. The molecule has 0 fully saturated rings. The smallest absolute Gasteiger partial charge is 0.132 e. The van der Waals surface area contributed by atoms with Gasteiger partial charge in [0.2, 0.25) is 0 Å². The van der Waals surface area contributed by atoms with Gasteiger partial charge >= 0.3 is 0 Å². The summed E-state index contributed by atoms with van der Waals surface area (Å²) in [6, 6.07) is 0. The van der Waals surface area contributed by atoms with Gasteiger partial charge in [0, 0.05) is 18.7 Å². The maximum Gasteiger partial charge on any atom is 0.132 e. The zero-order valence-corrected chi connectivity index (χ0v) is 22.1. The van der Waals surface area contributed by atoms with E-state index in [1.807, 2.05) is 0 Å². The Hall–Kier alpha value is -0.0400. The first kappa shape index (κ1) is 31.0. The fourth-order valence-corrected chi connectivity index (χ4v) is 4.66. The number of rotatable bonds is 27. The first-order valence-corrected chi connectivity index (χ1v) is 14.9. The molecule has 0 heterocycles. The Bertz CT molecular complexity index is 342. The Morgan fingerprint density at radius 3 is 0.968 bits per heavy atom. The van der Waals surface area contributed by atoms with Gasteiger partial charge in [-0.25, -0.2) is 0 Å².